The van der Waals surface area contributed by atoms with Crippen molar-refractivity contribution in [3.05, 3.63) is 34.9 Å². The van der Waals surface area contributed by atoms with E-state index < -0.39 is 11.5 Å². The third-order valence-corrected chi connectivity index (χ3v) is 5.12. The zero-order chi connectivity index (χ0) is 15.0. The van der Waals surface area contributed by atoms with Crippen LogP contribution in [-0.2, 0) is 14.3 Å². The molecule has 0 bridgehead atoms. The van der Waals surface area contributed by atoms with Gasteiger partial charge < -0.3 is 4.74 Å². The zero-order valence-electron chi connectivity index (χ0n) is 12.1. The van der Waals surface area contributed by atoms with Crippen molar-refractivity contribution in [2.24, 2.45) is 11.3 Å². The van der Waals surface area contributed by atoms with E-state index in [0.717, 1.165) is 24.8 Å². The van der Waals surface area contributed by atoms with Crippen LogP contribution in [0.3, 0.4) is 0 Å². The molecule has 21 heavy (non-hydrogen) atoms. The van der Waals surface area contributed by atoms with Crippen molar-refractivity contribution in [3.63, 3.8) is 0 Å². The van der Waals surface area contributed by atoms with Gasteiger partial charge in [0, 0.05) is 5.02 Å². The molecule has 1 spiro atoms. The topological polar surface area (TPSA) is 43.4 Å². The molecule has 1 aliphatic carbocycles. The number of Topliss-reactive ketones (excluding diaryl/α,β-unsaturated/α-hetero) is 1. The van der Waals surface area contributed by atoms with Gasteiger partial charge in [-0.25, -0.2) is 0 Å². The minimum atomic E-state index is -0.874. The van der Waals surface area contributed by atoms with Gasteiger partial charge in [-0.15, -0.1) is 0 Å². The Morgan fingerprint density at radius 2 is 1.71 bits per heavy atom. The molecule has 3 rings (SSSR count). The molecule has 112 valence electrons. The molecule has 2 fully saturated rings. The molecule has 1 aromatic rings. The molecule has 3 nitrogen and oxygen atoms in total. The highest BCUT2D eigenvalue weighted by molar-refractivity contribution is 6.30. The lowest BCUT2D eigenvalue weighted by Gasteiger charge is -2.42. The average Bonchev–Trinajstić information content (AvgIpc) is 2.51. The van der Waals surface area contributed by atoms with Crippen LogP contribution in [0.25, 0.3) is 0 Å². The minimum Gasteiger partial charge on any atom is -0.456 e. The number of carbonyl (C=O) groups excluding carboxylic acids is 2. The normalized spacial score (nSPS) is 28.5. The van der Waals surface area contributed by atoms with E-state index in [2.05, 4.69) is 0 Å². The summed E-state index contributed by atoms with van der Waals surface area (Å²) in [6, 6.07) is 7.16. The molecule has 1 aliphatic heterocycles. The molecule has 1 saturated heterocycles. The van der Waals surface area contributed by atoms with Gasteiger partial charge in [-0.1, -0.05) is 49.9 Å². The van der Waals surface area contributed by atoms with E-state index in [1.165, 1.54) is 0 Å². The molecule has 0 aromatic heterocycles. The maximum atomic E-state index is 12.8. The van der Waals surface area contributed by atoms with Gasteiger partial charge in [0.05, 0.1) is 5.92 Å². The fourth-order valence-electron chi connectivity index (χ4n) is 3.62. The number of rotatable bonds is 1. The van der Waals surface area contributed by atoms with E-state index in [-0.39, 0.29) is 17.7 Å². The van der Waals surface area contributed by atoms with Gasteiger partial charge >= 0.3 is 5.97 Å². The van der Waals surface area contributed by atoms with E-state index in [1.807, 2.05) is 19.1 Å². The number of cyclic esters (lactones) is 1. The lowest BCUT2D eigenvalue weighted by Crippen LogP contribution is -2.51. The number of halogens is 1. The first kappa shape index (κ1) is 14.6. The summed E-state index contributed by atoms with van der Waals surface area (Å²) >= 11 is 5.89. The molecule has 1 saturated carbocycles. The van der Waals surface area contributed by atoms with Crippen LogP contribution >= 0.6 is 11.6 Å². The fourth-order valence-corrected chi connectivity index (χ4v) is 3.75. The maximum Gasteiger partial charge on any atom is 0.320 e. The van der Waals surface area contributed by atoms with Crippen molar-refractivity contribution in [1.29, 1.82) is 0 Å². The Bertz CT molecular complexity index is 558. The Morgan fingerprint density at radius 3 is 2.33 bits per heavy atom. The molecular weight excluding hydrogens is 288 g/mol. The van der Waals surface area contributed by atoms with Crippen LogP contribution in [0.4, 0.5) is 0 Å². The highest BCUT2D eigenvalue weighted by Gasteiger charge is 2.55. The molecule has 1 aromatic carbocycles. The molecule has 0 radical (unpaired) electrons. The van der Waals surface area contributed by atoms with E-state index in [1.54, 1.807) is 12.1 Å². The number of ketones is 1. The van der Waals surface area contributed by atoms with Crippen LogP contribution in [-0.4, -0.2) is 11.8 Å². The molecule has 0 N–H and O–H groups in total. The molecule has 2 unspecified atom stereocenters. The number of hydrogen-bond acceptors (Lipinski definition) is 3. The third kappa shape index (κ3) is 2.38. The monoisotopic (exact) mass is 306 g/mol. The van der Waals surface area contributed by atoms with Gasteiger partial charge in [-0.2, -0.15) is 0 Å². The van der Waals surface area contributed by atoms with Gasteiger partial charge in [0.15, 0.2) is 5.78 Å². The summed E-state index contributed by atoms with van der Waals surface area (Å²) in [7, 11) is 0. The number of esters is 1. The van der Waals surface area contributed by atoms with Gasteiger partial charge in [-0.3, -0.25) is 9.59 Å². The Morgan fingerprint density at radius 1 is 1.10 bits per heavy atom. The van der Waals surface area contributed by atoms with Crippen molar-refractivity contribution in [2.45, 2.75) is 45.1 Å². The van der Waals surface area contributed by atoms with E-state index in [9.17, 15) is 9.59 Å². The Hall–Kier alpha value is -1.35. The third-order valence-electron chi connectivity index (χ3n) is 4.87. The van der Waals surface area contributed by atoms with Crippen LogP contribution in [0.2, 0.25) is 5.02 Å². The number of carbonyl (C=O) groups is 2. The molecule has 4 heteroatoms. The van der Waals surface area contributed by atoms with Crippen LogP contribution in [0.15, 0.2) is 24.3 Å². The van der Waals surface area contributed by atoms with Crippen LogP contribution in [0, 0.1) is 11.3 Å². The largest absolute Gasteiger partial charge is 0.456 e. The maximum absolute atomic E-state index is 12.8. The standard InChI is InChI=1S/C17H19ClO3/c1-11-14(12-5-7-13(18)8-6-12)21-16(20)17(15(11)19)9-3-2-4-10-17/h5-8,11,14H,2-4,9-10H2,1H3. The molecule has 2 atom stereocenters. The van der Waals surface area contributed by atoms with Gasteiger partial charge in [0.2, 0.25) is 0 Å². The Labute approximate surface area is 129 Å². The summed E-state index contributed by atoms with van der Waals surface area (Å²) in [6.45, 7) is 1.87. The SMILES string of the molecule is CC1C(=O)C2(CCCCC2)C(=O)OC1c1ccc(Cl)cc1. The van der Waals surface area contributed by atoms with Gasteiger partial charge in [-0.05, 0) is 30.5 Å². The molecule has 0 amide bonds. The van der Waals surface area contributed by atoms with Crippen molar-refractivity contribution < 1.29 is 14.3 Å². The first-order valence-electron chi connectivity index (χ1n) is 7.55. The van der Waals surface area contributed by atoms with Crippen molar-refractivity contribution in [3.8, 4) is 0 Å². The summed E-state index contributed by atoms with van der Waals surface area (Å²) in [4.78, 5) is 25.3. The van der Waals surface area contributed by atoms with Crippen LogP contribution < -0.4 is 0 Å². The van der Waals surface area contributed by atoms with Crippen molar-refractivity contribution in [1.82, 2.24) is 0 Å². The van der Waals surface area contributed by atoms with E-state index in [4.69, 9.17) is 16.3 Å². The first-order valence-corrected chi connectivity index (χ1v) is 7.93. The predicted molar refractivity (Wildman–Crippen MR) is 80.0 cm³/mol. The van der Waals surface area contributed by atoms with Crippen LogP contribution in [0.5, 0.6) is 0 Å². The quantitative estimate of drug-likeness (QED) is 0.579. The second-order valence-corrected chi connectivity index (χ2v) is 6.61. The summed E-state index contributed by atoms with van der Waals surface area (Å²) < 4.78 is 5.69. The lowest BCUT2D eigenvalue weighted by atomic mass is 9.65. The lowest BCUT2D eigenvalue weighted by molar-refractivity contribution is -0.183. The van der Waals surface area contributed by atoms with E-state index in [0.29, 0.717) is 17.9 Å². The molecular formula is C17H19ClO3. The minimum absolute atomic E-state index is 0.0541. The Kier molecular flexibility index (Phi) is 3.78. The first-order chi connectivity index (χ1) is 10.0. The highest BCUT2D eigenvalue weighted by atomic mass is 35.5. The number of ether oxygens (including phenoxy) is 1. The summed E-state index contributed by atoms with van der Waals surface area (Å²) in [5.41, 5.74) is -0.0418. The molecule has 1 heterocycles. The summed E-state index contributed by atoms with van der Waals surface area (Å²) in [5, 5.41) is 0.628. The van der Waals surface area contributed by atoms with Crippen molar-refractivity contribution in [2.75, 3.05) is 0 Å². The highest BCUT2D eigenvalue weighted by Crippen LogP contribution is 2.47. The predicted octanol–water partition coefficient (Wildman–Crippen LogP) is 4.09. The summed E-state index contributed by atoms with van der Waals surface area (Å²) in [6.07, 6.45) is 3.75. The van der Waals surface area contributed by atoms with Gasteiger partial charge in [0.25, 0.3) is 0 Å². The fraction of sp³-hybridized carbons (Fsp3) is 0.529. The molecule has 2 aliphatic rings. The smallest absolute Gasteiger partial charge is 0.320 e. The van der Waals surface area contributed by atoms with Gasteiger partial charge in [0.1, 0.15) is 11.5 Å². The Balaban J connectivity index is 1.90. The number of benzene rings is 1. The van der Waals surface area contributed by atoms with E-state index >= 15 is 0 Å². The summed E-state index contributed by atoms with van der Waals surface area (Å²) in [5.74, 6) is -0.578. The zero-order valence-corrected chi connectivity index (χ0v) is 12.9. The van der Waals surface area contributed by atoms with Crippen LogP contribution in [0.1, 0.15) is 50.7 Å². The van der Waals surface area contributed by atoms with Crippen molar-refractivity contribution >= 4 is 23.4 Å². The average molecular weight is 307 g/mol. The second-order valence-electron chi connectivity index (χ2n) is 6.17. The number of hydrogen-bond donors (Lipinski definition) is 0. The second kappa shape index (κ2) is 5.45.